The molecule has 1 amide bonds. The molecule has 0 aliphatic carbocycles. The Morgan fingerprint density at radius 3 is 2.54 bits per heavy atom. The summed E-state index contributed by atoms with van der Waals surface area (Å²) in [6.07, 6.45) is 5.12. The van der Waals surface area contributed by atoms with E-state index in [1.165, 1.54) is 22.2 Å². The molecule has 144 valence electrons. The highest BCUT2D eigenvalue weighted by Crippen LogP contribution is 2.35. The fourth-order valence-corrected chi connectivity index (χ4v) is 4.22. The molecule has 0 atom stereocenters. The largest absolute Gasteiger partial charge is 0.335 e. The first-order chi connectivity index (χ1) is 13.6. The monoisotopic (exact) mass is 393 g/mol. The lowest BCUT2D eigenvalue weighted by Crippen LogP contribution is -2.33. The third-order valence-electron chi connectivity index (χ3n) is 4.54. The second kappa shape index (κ2) is 8.80. The highest BCUT2D eigenvalue weighted by atomic mass is 32.1. The molecule has 0 fully saturated rings. The summed E-state index contributed by atoms with van der Waals surface area (Å²) >= 11 is 1.52. The summed E-state index contributed by atoms with van der Waals surface area (Å²) in [5.41, 5.74) is 1.82. The lowest BCUT2D eigenvalue weighted by molar-refractivity contribution is -0.130. The summed E-state index contributed by atoms with van der Waals surface area (Å²) in [4.78, 5) is 33.5. The molecule has 0 spiro atoms. The Morgan fingerprint density at radius 2 is 1.89 bits per heavy atom. The Labute approximate surface area is 168 Å². The van der Waals surface area contributed by atoms with Crippen LogP contribution in [0.5, 0.6) is 0 Å². The molecular weight excluding hydrogens is 370 g/mol. The number of rotatable bonds is 8. The van der Waals surface area contributed by atoms with Crippen LogP contribution in [0.2, 0.25) is 0 Å². The number of aromatic nitrogens is 2. The van der Waals surface area contributed by atoms with Crippen molar-refractivity contribution in [1.82, 2.24) is 14.5 Å². The molecule has 0 unspecified atom stereocenters. The zero-order chi connectivity index (χ0) is 20.1. The van der Waals surface area contributed by atoms with Crippen LogP contribution in [0.3, 0.4) is 0 Å². The van der Waals surface area contributed by atoms with E-state index in [1.807, 2.05) is 37.3 Å². The van der Waals surface area contributed by atoms with Crippen LogP contribution >= 0.6 is 11.3 Å². The first kappa shape index (κ1) is 19.8. The number of carbonyl (C=O) groups is 1. The smallest absolute Gasteiger partial charge is 0.262 e. The minimum Gasteiger partial charge on any atom is -0.335 e. The number of amides is 1. The molecule has 3 rings (SSSR count). The van der Waals surface area contributed by atoms with Crippen LogP contribution in [0.4, 0.5) is 0 Å². The second-order valence-electron chi connectivity index (χ2n) is 6.45. The van der Waals surface area contributed by atoms with E-state index in [9.17, 15) is 9.59 Å². The van der Waals surface area contributed by atoms with Gasteiger partial charge in [0, 0.05) is 36.5 Å². The SMILES string of the molecule is C=CCN(CC=C)C(=O)CCn1cnc2sc(C)c(-c3ccccc3)c2c1=O. The van der Waals surface area contributed by atoms with Crippen molar-refractivity contribution in [3.8, 4) is 11.1 Å². The number of hydrogen-bond acceptors (Lipinski definition) is 4. The molecule has 5 nitrogen and oxygen atoms in total. The fourth-order valence-electron chi connectivity index (χ4n) is 3.21. The molecule has 2 aromatic heterocycles. The Balaban J connectivity index is 1.92. The number of benzene rings is 1. The molecule has 0 aliphatic heterocycles. The predicted molar refractivity (Wildman–Crippen MR) is 116 cm³/mol. The van der Waals surface area contributed by atoms with E-state index in [4.69, 9.17) is 0 Å². The second-order valence-corrected chi connectivity index (χ2v) is 7.65. The predicted octanol–water partition coefficient (Wildman–Crippen LogP) is 4.02. The van der Waals surface area contributed by atoms with Crippen molar-refractivity contribution in [1.29, 1.82) is 0 Å². The van der Waals surface area contributed by atoms with Crippen molar-refractivity contribution >= 4 is 27.5 Å². The maximum Gasteiger partial charge on any atom is 0.262 e. The average Bonchev–Trinajstić information content (AvgIpc) is 3.04. The van der Waals surface area contributed by atoms with Crippen molar-refractivity contribution in [2.45, 2.75) is 19.9 Å². The highest BCUT2D eigenvalue weighted by Gasteiger charge is 2.17. The van der Waals surface area contributed by atoms with Gasteiger partial charge >= 0.3 is 0 Å². The van der Waals surface area contributed by atoms with Gasteiger partial charge in [-0.2, -0.15) is 0 Å². The molecule has 0 bridgehead atoms. The van der Waals surface area contributed by atoms with Gasteiger partial charge in [-0.25, -0.2) is 4.98 Å². The molecule has 3 aromatic rings. The van der Waals surface area contributed by atoms with E-state index < -0.39 is 0 Å². The van der Waals surface area contributed by atoms with Crippen LogP contribution in [0.15, 0.2) is 66.8 Å². The topological polar surface area (TPSA) is 55.2 Å². The van der Waals surface area contributed by atoms with Gasteiger partial charge in [0.1, 0.15) is 4.83 Å². The molecule has 1 aromatic carbocycles. The Kier molecular flexibility index (Phi) is 6.21. The zero-order valence-electron chi connectivity index (χ0n) is 15.9. The molecule has 0 radical (unpaired) electrons. The van der Waals surface area contributed by atoms with Crippen LogP contribution in [-0.2, 0) is 11.3 Å². The molecule has 6 heteroatoms. The minimum atomic E-state index is -0.111. The van der Waals surface area contributed by atoms with Gasteiger partial charge < -0.3 is 4.90 Å². The van der Waals surface area contributed by atoms with Crippen LogP contribution in [0.1, 0.15) is 11.3 Å². The van der Waals surface area contributed by atoms with Crippen molar-refractivity contribution in [2.75, 3.05) is 13.1 Å². The van der Waals surface area contributed by atoms with Crippen molar-refractivity contribution in [3.05, 3.63) is 77.2 Å². The fraction of sp³-hybridized carbons (Fsp3) is 0.227. The van der Waals surface area contributed by atoms with Crippen LogP contribution in [0.25, 0.3) is 21.3 Å². The molecule has 0 saturated heterocycles. The van der Waals surface area contributed by atoms with Crippen LogP contribution in [-0.4, -0.2) is 33.4 Å². The normalized spacial score (nSPS) is 10.8. The van der Waals surface area contributed by atoms with E-state index in [1.54, 1.807) is 17.1 Å². The first-order valence-corrected chi connectivity index (χ1v) is 9.92. The van der Waals surface area contributed by atoms with E-state index >= 15 is 0 Å². The number of fused-ring (bicyclic) bond motifs is 1. The minimum absolute atomic E-state index is 0.0448. The summed E-state index contributed by atoms with van der Waals surface area (Å²) in [5, 5.41) is 0.623. The molecule has 2 heterocycles. The molecule has 0 N–H and O–H groups in total. The van der Waals surface area contributed by atoms with Gasteiger partial charge in [-0.15, -0.1) is 24.5 Å². The number of carbonyl (C=O) groups excluding carboxylic acids is 1. The number of nitrogens with zero attached hydrogens (tertiary/aromatic N) is 3. The summed E-state index contributed by atoms with van der Waals surface area (Å²) in [5.74, 6) is -0.0448. The summed E-state index contributed by atoms with van der Waals surface area (Å²) in [6, 6.07) is 9.86. The van der Waals surface area contributed by atoms with E-state index in [2.05, 4.69) is 18.1 Å². The third kappa shape index (κ3) is 3.97. The van der Waals surface area contributed by atoms with Gasteiger partial charge in [-0.1, -0.05) is 42.5 Å². The maximum atomic E-state index is 13.1. The quantitative estimate of drug-likeness (QED) is 0.543. The summed E-state index contributed by atoms with van der Waals surface area (Å²) < 4.78 is 1.53. The van der Waals surface area contributed by atoms with Gasteiger partial charge in [0.15, 0.2) is 0 Å². The Bertz CT molecular complexity index is 1060. The standard InChI is InChI=1S/C22H23N3O2S/c1-4-12-24(13-5-2)18(26)11-14-25-15-23-21-20(22(25)27)19(16(3)28-21)17-9-7-6-8-10-17/h4-10,15H,1-2,11-14H2,3H3. The summed E-state index contributed by atoms with van der Waals surface area (Å²) in [6.45, 7) is 10.6. The lowest BCUT2D eigenvalue weighted by atomic mass is 10.0. The van der Waals surface area contributed by atoms with Gasteiger partial charge in [-0.05, 0) is 12.5 Å². The zero-order valence-corrected chi connectivity index (χ0v) is 16.7. The van der Waals surface area contributed by atoms with Gasteiger partial charge in [0.2, 0.25) is 5.91 Å². The van der Waals surface area contributed by atoms with Crippen molar-refractivity contribution < 1.29 is 4.79 Å². The first-order valence-electron chi connectivity index (χ1n) is 9.10. The molecule has 0 aliphatic rings. The van der Waals surface area contributed by atoms with Crippen LogP contribution < -0.4 is 5.56 Å². The number of thiophene rings is 1. The number of hydrogen-bond donors (Lipinski definition) is 0. The third-order valence-corrected chi connectivity index (χ3v) is 5.55. The van der Waals surface area contributed by atoms with E-state index in [-0.39, 0.29) is 24.4 Å². The van der Waals surface area contributed by atoms with Crippen LogP contribution in [0, 0.1) is 6.92 Å². The number of aryl methyl sites for hydroxylation is 2. The van der Waals surface area contributed by atoms with E-state index in [0.29, 0.717) is 18.5 Å². The average molecular weight is 394 g/mol. The summed E-state index contributed by atoms with van der Waals surface area (Å²) in [7, 11) is 0. The van der Waals surface area contributed by atoms with E-state index in [0.717, 1.165) is 20.8 Å². The highest BCUT2D eigenvalue weighted by molar-refractivity contribution is 7.19. The van der Waals surface area contributed by atoms with Crippen molar-refractivity contribution in [2.24, 2.45) is 0 Å². The van der Waals surface area contributed by atoms with Gasteiger partial charge in [0.05, 0.1) is 11.7 Å². The lowest BCUT2D eigenvalue weighted by Gasteiger charge is -2.19. The Hall–Kier alpha value is -2.99. The Morgan fingerprint density at radius 1 is 1.21 bits per heavy atom. The van der Waals surface area contributed by atoms with Gasteiger partial charge in [0.25, 0.3) is 5.56 Å². The maximum absolute atomic E-state index is 13.1. The van der Waals surface area contributed by atoms with Gasteiger partial charge in [-0.3, -0.25) is 14.2 Å². The van der Waals surface area contributed by atoms with Crippen molar-refractivity contribution in [3.63, 3.8) is 0 Å². The molecule has 0 saturated carbocycles. The molecular formula is C22H23N3O2S. The molecule has 28 heavy (non-hydrogen) atoms.